The molecule has 1 aliphatic heterocycles. The maximum Gasteiger partial charge on any atom is 0.0184 e. The van der Waals surface area contributed by atoms with Gasteiger partial charge in [0.05, 0.1) is 0 Å². The van der Waals surface area contributed by atoms with Crippen LogP contribution in [-0.4, -0.2) is 24.1 Å². The summed E-state index contributed by atoms with van der Waals surface area (Å²) in [5.74, 6) is 2.54. The van der Waals surface area contributed by atoms with Crippen molar-refractivity contribution in [3.05, 3.63) is 0 Å². The van der Waals surface area contributed by atoms with E-state index in [-0.39, 0.29) is 0 Å². The maximum atomic E-state index is 3.40. The first-order valence-electron chi connectivity index (χ1n) is 4.27. The van der Waals surface area contributed by atoms with Gasteiger partial charge in [0.1, 0.15) is 0 Å². The second-order valence-corrected chi connectivity index (χ2v) is 4.72. The summed E-state index contributed by atoms with van der Waals surface area (Å²) in [6.07, 6.45) is 4.41. The molecule has 2 aliphatic rings. The second-order valence-electron chi connectivity index (χ2n) is 3.39. The Morgan fingerprint density at radius 1 is 1.30 bits per heavy atom. The fourth-order valence-electron chi connectivity index (χ4n) is 1.33. The summed E-state index contributed by atoms with van der Waals surface area (Å²) in [5, 5.41) is 4.34. The molecule has 10 heavy (non-hydrogen) atoms. The average molecular weight is 157 g/mol. The molecule has 0 aromatic rings. The smallest absolute Gasteiger partial charge is 0.0184 e. The first kappa shape index (κ1) is 6.99. The first-order valence-corrected chi connectivity index (χ1v) is 5.32. The molecule has 2 heteroatoms. The van der Waals surface area contributed by atoms with Crippen molar-refractivity contribution in [1.29, 1.82) is 0 Å². The van der Waals surface area contributed by atoms with Crippen LogP contribution >= 0.6 is 11.8 Å². The molecule has 0 radical (unpaired) electrons. The maximum absolute atomic E-state index is 3.40. The summed E-state index contributed by atoms with van der Waals surface area (Å²) in [6, 6.07) is 0. The molecule has 0 amide bonds. The van der Waals surface area contributed by atoms with Gasteiger partial charge in [0.2, 0.25) is 0 Å². The van der Waals surface area contributed by atoms with Crippen LogP contribution in [0.25, 0.3) is 0 Å². The topological polar surface area (TPSA) is 12.0 Å². The summed E-state index contributed by atoms with van der Waals surface area (Å²) < 4.78 is 0. The lowest BCUT2D eigenvalue weighted by Gasteiger charge is -2.05. The van der Waals surface area contributed by atoms with Gasteiger partial charge in [0, 0.05) is 11.8 Å². The van der Waals surface area contributed by atoms with Crippen molar-refractivity contribution in [1.82, 2.24) is 5.32 Å². The molecule has 1 unspecified atom stereocenters. The van der Waals surface area contributed by atoms with Gasteiger partial charge in [-0.15, -0.1) is 0 Å². The predicted molar refractivity (Wildman–Crippen MR) is 46.5 cm³/mol. The SMILES string of the molecule is C1CC(SCC2CC2)CN1. The quantitative estimate of drug-likeness (QED) is 0.666. The minimum absolute atomic E-state index is 0.945. The van der Waals surface area contributed by atoms with Gasteiger partial charge in [-0.25, -0.2) is 0 Å². The van der Waals surface area contributed by atoms with Crippen molar-refractivity contribution < 1.29 is 0 Å². The monoisotopic (exact) mass is 157 g/mol. The molecule has 0 spiro atoms. The lowest BCUT2D eigenvalue weighted by atomic mass is 10.4. The van der Waals surface area contributed by atoms with Crippen molar-refractivity contribution in [3.63, 3.8) is 0 Å². The van der Waals surface area contributed by atoms with Crippen molar-refractivity contribution >= 4 is 11.8 Å². The fourth-order valence-corrected chi connectivity index (χ4v) is 2.72. The Morgan fingerprint density at radius 2 is 2.20 bits per heavy atom. The third-order valence-corrected chi connectivity index (χ3v) is 3.82. The zero-order chi connectivity index (χ0) is 6.81. The van der Waals surface area contributed by atoms with Gasteiger partial charge >= 0.3 is 0 Å². The normalized spacial score (nSPS) is 33.0. The number of rotatable bonds is 3. The molecule has 1 nitrogen and oxygen atoms in total. The zero-order valence-corrected chi connectivity index (χ0v) is 7.12. The van der Waals surface area contributed by atoms with Crippen LogP contribution in [0.1, 0.15) is 19.3 Å². The molecular formula is C8H15NS. The van der Waals surface area contributed by atoms with Gasteiger partial charge in [-0.2, -0.15) is 11.8 Å². The summed E-state index contributed by atoms with van der Waals surface area (Å²) in [7, 11) is 0. The lowest BCUT2D eigenvalue weighted by Crippen LogP contribution is -2.10. The van der Waals surface area contributed by atoms with Crippen LogP contribution in [0, 0.1) is 5.92 Å². The molecule has 58 valence electrons. The Bertz CT molecular complexity index is 106. The van der Waals surface area contributed by atoms with Gasteiger partial charge < -0.3 is 5.32 Å². The Hall–Kier alpha value is 0.310. The standard InChI is InChI=1S/C8H15NS/c1-2-7(1)6-10-8-3-4-9-5-8/h7-9H,1-6H2. The van der Waals surface area contributed by atoms with Crippen LogP contribution in [0.3, 0.4) is 0 Å². The van der Waals surface area contributed by atoms with Crippen molar-refractivity contribution in [2.45, 2.75) is 24.5 Å². The molecular weight excluding hydrogens is 142 g/mol. The van der Waals surface area contributed by atoms with Crippen LogP contribution in [0.2, 0.25) is 0 Å². The highest BCUT2D eigenvalue weighted by molar-refractivity contribution is 7.99. The Labute approximate surface area is 67.0 Å². The van der Waals surface area contributed by atoms with Gasteiger partial charge in [-0.05, 0) is 37.5 Å². The molecule has 0 aromatic heterocycles. The van der Waals surface area contributed by atoms with Crippen molar-refractivity contribution in [2.24, 2.45) is 5.92 Å². The van der Waals surface area contributed by atoms with Gasteiger partial charge in [0.15, 0.2) is 0 Å². The molecule has 1 saturated carbocycles. The van der Waals surface area contributed by atoms with E-state index in [2.05, 4.69) is 17.1 Å². The number of hydrogen-bond donors (Lipinski definition) is 1. The van der Waals surface area contributed by atoms with Gasteiger partial charge in [-0.3, -0.25) is 0 Å². The van der Waals surface area contributed by atoms with E-state index in [9.17, 15) is 0 Å². The Balaban J connectivity index is 1.59. The van der Waals surface area contributed by atoms with E-state index in [1.54, 1.807) is 0 Å². The molecule has 1 atom stereocenters. The van der Waals surface area contributed by atoms with Crippen molar-refractivity contribution in [3.8, 4) is 0 Å². The molecule has 1 saturated heterocycles. The Kier molecular flexibility index (Phi) is 2.19. The molecule has 1 heterocycles. The highest BCUT2D eigenvalue weighted by Gasteiger charge is 2.23. The van der Waals surface area contributed by atoms with E-state index in [0.717, 1.165) is 11.2 Å². The summed E-state index contributed by atoms with van der Waals surface area (Å²) in [4.78, 5) is 0. The Morgan fingerprint density at radius 3 is 2.80 bits per heavy atom. The summed E-state index contributed by atoms with van der Waals surface area (Å²) in [5.41, 5.74) is 0. The molecule has 0 aromatic carbocycles. The summed E-state index contributed by atoms with van der Waals surface area (Å²) >= 11 is 2.19. The minimum Gasteiger partial charge on any atom is -0.316 e. The largest absolute Gasteiger partial charge is 0.316 e. The lowest BCUT2D eigenvalue weighted by molar-refractivity contribution is 0.858. The van der Waals surface area contributed by atoms with Crippen LogP contribution in [0.15, 0.2) is 0 Å². The number of thioether (sulfide) groups is 1. The molecule has 1 aliphatic carbocycles. The van der Waals surface area contributed by atoms with Crippen molar-refractivity contribution in [2.75, 3.05) is 18.8 Å². The van der Waals surface area contributed by atoms with E-state index in [1.807, 2.05) is 0 Å². The van der Waals surface area contributed by atoms with Crippen LogP contribution < -0.4 is 5.32 Å². The number of hydrogen-bond acceptors (Lipinski definition) is 2. The van der Waals surface area contributed by atoms with E-state index < -0.39 is 0 Å². The van der Waals surface area contributed by atoms with Gasteiger partial charge in [0.25, 0.3) is 0 Å². The third-order valence-electron chi connectivity index (χ3n) is 2.28. The fraction of sp³-hybridized carbons (Fsp3) is 1.00. The highest BCUT2D eigenvalue weighted by Crippen LogP contribution is 2.34. The van der Waals surface area contributed by atoms with Crippen LogP contribution in [0.5, 0.6) is 0 Å². The van der Waals surface area contributed by atoms with Gasteiger partial charge in [-0.1, -0.05) is 0 Å². The molecule has 1 N–H and O–H groups in total. The van der Waals surface area contributed by atoms with Crippen LogP contribution in [-0.2, 0) is 0 Å². The highest BCUT2D eigenvalue weighted by atomic mass is 32.2. The second kappa shape index (κ2) is 3.14. The van der Waals surface area contributed by atoms with E-state index in [4.69, 9.17) is 0 Å². The third kappa shape index (κ3) is 1.89. The van der Waals surface area contributed by atoms with E-state index in [0.29, 0.717) is 0 Å². The first-order chi connectivity index (χ1) is 4.95. The van der Waals surface area contributed by atoms with E-state index >= 15 is 0 Å². The number of nitrogens with one attached hydrogen (secondary N) is 1. The van der Waals surface area contributed by atoms with Crippen LogP contribution in [0.4, 0.5) is 0 Å². The van der Waals surface area contributed by atoms with E-state index in [1.165, 1.54) is 38.1 Å². The molecule has 2 rings (SSSR count). The molecule has 0 bridgehead atoms. The minimum atomic E-state index is 0.945. The zero-order valence-electron chi connectivity index (χ0n) is 6.31. The molecule has 2 fully saturated rings. The summed E-state index contributed by atoms with van der Waals surface area (Å²) in [6.45, 7) is 2.51. The average Bonchev–Trinajstić information content (AvgIpc) is 2.63. The predicted octanol–water partition coefficient (Wildman–Crippen LogP) is 1.49.